The molecule has 104 valence electrons. The Balaban J connectivity index is 3.19. The van der Waals surface area contributed by atoms with E-state index in [1.54, 1.807) is 14.1 Å². The zero-order chi connectivity index (χ0) is 14.3. The molecule has 0 saturated heterocycles. The van der Waals surface area contributed by atoms with Gasteiger partial charge in [-0.25, -0.2) is 8.42 Å². The summed E-state index contributed by atoms with van der Waals surface area (Å²) < 4.78 is 27.6. The average molecular weight is 274 g/mol. The van der Waals surface area contributed by atoms with Crippen LogP contribution in [0.15, 0.2) is 11.1 Å². The van der Waals surface area contributed by atoms with Gasteiger partial charge in [-0.1, -0.05) is 20.8 Å². The molecule has 0 aromatic carbocycles. The number of nitrogen functional groups attached to an aromatic ring is 1. The second kappa shape index (κ2) is 4.55. The third-order valence-electron chi connectivity index (χ3n) is 3.28. The van der Waals surface area contributed by atoms with Crippen molar-refractivity contribution < 1.29 is 8.42 Å². The Kier molecular flexibility index (Phi) is 3.78. The van der Waals surface area contributed by atoms with Crippen LogP contribution in [0.3, 0.4) is 0 Å². The second-order valence-corrected chi connectivity index (χ2v) is 7.58. The van der Waals surface area contributed by atoms with E-state index in [0.717, 1.165) is 0 Å². The van der Waals surface area contributed by atoms with Gasteiger partial charge in [-0.15, -0.1) is 0 Å². The minimum absolute atomic E-state index is 0.0328. The van der Waals surface area contributed by atoms with Crippen molar-refractivity contribution in [3.63, 3.8) is 0 Å². The van der Waals surface area contributed by atoms with E-state index in [-0.39, 0.29) is 22.2 Å². The summed E-state index contributed by atoms with van der Waals surface area (Å²) in [5.74, 6) is 0.0328. The Morgan fingerprint density at radius 1 is 1.44 bits per heavy atom. The molecule has 0 aliphatic heterocycles. The molecular weight excluding hydrogens is 252 g/mol. The van der Waals surface area contributed by atoms with Crippen LogP contribution in [-0.4, -0.2) is 35.6 Å². The normalized spacial score (nSPS) is 15.1. The molecule has 1 unspecified atom stereocenters. The highest BCUT2D eigenvalue weighted by atomic mass is 32.2. The van der Waals surface area contributed by atoms with Crippen molar-refractivity contribution in [1.29, 1.82) is 0 Å². The van der Waals surface area contributed by atoms with E-state index in [4.69, 9.17) is 5.73 Å². The van der Waals surface area contributed by atoms with Crippen molar-refractivity contribution in [3.05, 3.63) is 6.20 Å². The molecule has 1 aromatic heterocycles. The minimum Gasteiger partial charge on any atom is -0.381 e. The molecule has 2 N–H and O–H groups in total. The number of aromatic nitrogens is 2. The van der Waals surface area contributed by atoms with Gasteiger partial charge in [0.25, 0.3) is 0 Å². The predicted octanol–water partition coefficient (Wildman–Crippen LogP) is 1.06. The highest BCUT2D eigenvalue weighted by Gasteiger charge is 2.34. The molecule has 1 aromatic rings. The van der Waals surface area contributed by atoms with Gasteiger partial charge in [0.1, 0.15) is 4.90 Å². The summed E-state index contributed by atoms with van der Waals surface area (Å²) in [5.41, 5.74) is 5.48. The Hall–Kier alpha value is -1.08. The molecule has 0 aliphatic carbocycles. The molecular formula is C11H22N4O2S. The molecule has 0 fully saturated rings. The van der Waals surface area contributed by atoms with Crippen molar-refractivity contribution in [3.8, 4) is 0 Å². The van der Waals surface area contributed by atoms with Gasteiger partial charge in [-0.05, 0) is 12.3 Å². The van der Waals surface area contributed by atoms with Crippen molar-refractivity contribution in [2.24, 2.45) is 12.5 Å². The molecule has 1 heterocycles. The van der Waals surface area contributed by atoms with Crippen molar-refractivity contribution in [2.75, 3.05) is 12.8 Å². The fraction of sp³-hybridized carbons (Fsp3) is 0.727. The molecule has 0 bridgehead atoms. The fourth-order valence-electron chi connectivity index (χ4n) is 1.59. The summed E-state index contributed by atoms with van der Waals surface area (Å²) in [7, 11) is -0.398. The molecule has 0 spiro atoms. The van der Waals surface area contributed by atoms with Gasteiger partial charge in [0.05, 0.1) is 0 Å². The number of hydrogen-bond donors (Lipinski definition) is 1. The molecule has 6 nitrogen and oxygen atoms in total. The zero-order valence-corrected chi connectivity index (χ0v) is 12.6. The summed E-state index contributed by atoms with van der Waals surface area (Å²) in [6.45, 7) is 7.87. The smallest absolute Gasteiger partial charge is 0.248 e. The molecule has 0 amide bonds. The number of aryl methyl sites for hydroxylation is 1. The van der Waals surface area contributed by atoms with Crippen molar-refractivity contribution >= 4 is 15.8 Å². The van der Waals surface area contributed by atoms with Crippen molar-refractivity contribution in [2.45, 2.75) is 38.6 Å². The predicted molar refractivity (Wildman–Crippen MR) is 71.5 cm³/mol. The van der Waals surface area contributed by atoms with Gasteiger partial charge in [0, 0.05) is 26.3 Å². The Morgan fingerprint density at radius 3 is 2.28 bits per heavy atom. The van der Waals surface area contributed by atoms with E-state index in [1.165, 1.54) is 15.2 Å². The molecule has 1 rings (SSSR count). The summed E-state index contributed by atoms with van der Waals surface area (Å²) in [5, 5.41) is 3.87. The largest absolute Gasteiger partial charge is 0.381 e. The van der Waals surface area contributed by atoms with Crippen LogP contribution in [0.4, 0.5) is 5.82 Å². The summed E-state index contributed by atoms with van der Waals surface area (Å²) in [4.78, 5) is 0.0589. The number of nitrogens with zero attached hydrogens (tertiary/aromatic N) is 3. The number of hydrogen-bond acceptors (Lipinski definition) is 4. The maximum atomic E-state index is 12.4. The van der Waals surface area contributed by atoms with Crippen molar-refractivity contribution in [1.82, 2.24) is 14.1 Å². The molecule has 0 radical (unpaired) electrons. The molecule has 1 atom stereocenters. The van der Waals surface area contributed by atoms with Gasteiger partial charge in [0.2, 0.25) is 10.0 Å². The van der Waals surface area contributed by atoms with Crippen LogP contribution in [0, 0.1) is 5.41 Å². The van der Waals surface area contributed by atoms with Crippen LogP contribution in [0.2, 0.25) is 0 Å². The first-order chi connectivity index (χ1) is 7.98. The van der Waals surface area contributed by atoms with Gasteiger partial charge in [0.15, 0.2) is 5.82 Å². The first-order valence-corrected chi connectivity index (χ1v) is 7.19. The minimum atomic E-state index is -3.61. The lowest BCUT2D eigenvalue weighted by Crippen LogP contribution is -2.42. The van der Waals surface area contributed by atoms with Gasteiger partial charge in [-0.3, -0.25) is 4.68 Å². The van der Waals surface area contributed by atoms with E-state index in [1.807, 2.05) is 27.7 Å². The lowest BCUT2D eigenvalue weighted by atomic mass is 9.88. The quantitative estimate of drug-likeness (QED) is 0.893. The zero-order valence-electron chi connectivity index (χ0n) is 11.8. The maximum Gasteiger partial charge on any atom is 0.248 e. The SMILES string of the molecule is CC(N(C)S(=O)(=O)c1cn(C)nc1N)C(C)(C)C. The molecule has 18 heavy (non-hydrogen) atoms. The Labute approximate surface area is 109 Å². The first-order valence-electron chi connectivity index (χ1n) is 5.75. The lowest BCUT2D eigenvalue weighted by molar-refractivity contribution is 0.216. The van der Waals surface area contributed by atoms with Gasteiger partial charge in [-0.2, -0.15) is 9.40 Å². The third-order valence-corrected chi connectivity index (χ3v) is 5.22. The average Bonchev–Trinajstić information content (AvgIpc) is 2.54. The number of anilines is 1. The summed E-state index contributed by atoms with van der Waals surface area (Å²) in [6, 6.07) is -0.151. The van der Waals surface area contributed by atoms with E-state index in [2.05, 4.69) is 5.10 Å². The van der Waals surface area contributed by atoms with E-state index in [9.17, 15) is 8.42 Å². The van der Waals surface area contributed by atoms with Gasteiger partial charge >= 0.3 is 0 Å². The Bertz CT molecular complexity index is 528. The fourth-order valence-corrected chi connectivity index (χ4v) is 3.23. The molecule has 0 saturated carbocycles. The lowest BCUT2D eigenvalue weighted by Gasteiger charge is -2.34. The second-order valence-electron chi connectivity index (χ2n) is 5.62. The van der Waals surface area contributed by atoms with Gasteiger partial charge < -0.3 is 5.73 Å². The Morgan fingerprint density at radius 2 is 1.94 bits per heavy atom. The molecule has 0 aliphatic rings. The molecule has 7 heteroatoms. The van der Waals surface area contributed by atoms with E-state index in [0.29, 0.717) is 0 Å². The number of sulfonamides is 1. The highest BCUT2D eigenvalue weighted by molar-refractivity contribution is 7.89. The van der Waals surface area contributed by atoms with Crippen LogP contribution in [0.1, 0.15) is 27.7 Å². The number of nitrogens with two attached hydrogens (primary N) is 1. The first kappa shape index (κ1) is 15.0. The van der Waals surface area contributed by atoms with Crippen LogP contribution < -0.4 is 5.73 Å². The van der Waals surface area contributed by atoms with E-state index >= 15 is 0 Å². The van der Waals surface area contributed by atoms with E-state index < -0.39 is 10.0 Å². The van der Waals surface area contributed by atoms with Crippen LogP contribution in [0.5, 0.6) is 0 Å². The van der Waals surface area contributed by atoms with Crippen LogP contribution in [-0.2, 0) is 17.1 Å². The van der Waals surface area contributed by atoms with Crippen LogP contribution >= 0.6 is 0 Å². The monoisotopic (exact) mass is 274 g/mol. The maximum absolute atomic E-state index is 12.4. The standard InChI is InChI=1S/C11H22N4O2S/c1-8(11(2,3)4)15(6)18(16,17)9-7-14(5)13-10(9)12/h7-8H,1-6H3,(H2,12,13). The summed E-state index contributed by atoms with van der Waals surface area (Å²) in [6.07, 6.45) is 1.43. The summed E-state index contributed by atoms with van der Waals surface area (Å²) >= 11 is 0. The highest BCUT2D eigenvalue weighted by Crippen LogP contribution is 2.29. The topological polar surface area (TPSA) is 81.2 Å². The number of rotatable bonds is 3. The third kappa shape index (κ3) is 2.67. The van der Waals surface area contributed by atoms with Crippen LogP contribution in [0.25, 0.3) is 0 Å².